The Kier molecular flexibility index (Phi) is 4.78. The third-order valence-electron chi connectivity index (χ3n) is 10.0. The van der Waals surface area contributed by atoms with Gasteiger partial charge in [0, 0.05) is 49.8 Å². The standard InChI is InChI=1S/C27H32N2O8/c1-13(30)36-22-11-35-20-10-23(32)29-17-9-19(34-4)18(33-3)7-15(17)26-5-6-28-12-27(22,37-14(2)31)16(8-21(26)28)24(20)25(26)29/h7,9,16,20-22,24-25H,5-6,8,10-12H2,1-4H3/t16-,20+,21+,22+,24+,25?,26-,27+/m1/s1. The summed E-state index contributed by atoms with van der Waals surface area (Å²) in [5, 5.41) is 0. The van der Waals surface area contributed by atoms with E-state index in [-0.39, 0.29) is 54.4 Å². The van der Waals surface area contributed by atoms with E-state index in [0.717, 1.165) is 30.6 Å². The van der Waals surface area contributed by atoms with E-state index < -0.39 is 23.6 Å². The highest BCUT2D eigenvalue weighted by Crippen LogP contribution is 2.68. The normalized spacial score (nSPS) is 40.5. The summed E-state index contributed by atoms with van der Waals surface area (Å²) < 4.78 is 29.8. The van der Waals surface area contributed by atoms with Crippen LogP contribution in [-0.4, -0.2) is 86.6 Å². The van der Waals surface area contributed by atoms with Crippen molar-refractivity contribution in [3.63, 3.8) is 0 Å². The largest absolute Gasteiger partial charge is 0.493 e. The smallest absolute Gasteiger partial charge is 0.303 e. The minimum absolute atomic E-state index is 0.0130. The van der Waals surface area contributed by atoms with Crippen LogP contribution < -0.4 is 14.4 Å². The molecule has 10 nitrogen and oxygen atoms in total. The fraction of sp³-hybridized carbons (Fsp3) is 0.667. The van der Waals surface area contributed by atoms with E-state index >= 15 is 0 Å². The number of hydrogen-bond acceptors (Lipinski definition) is 9. The number of esters is 2. The van der Waals surface area contributed by atoms with Crippen molar-refractivity contribution < 1.29 is 38.1 Å². The van der Waals surface area contributed by atoms with Crippen molar-refractivity contribution in [1.82, 2.24) is 4.90 Å². The Morgan fingerprint density at radius 3 is 2.57 bits per heavy atom. The van der Waals surface area contributed by atoms with Crippen LogP contribution in [0.1, 0.15) is 38.7 Å². The number of methoxy groups -OCH3 is 2. The number of piperidine rings is 2. The van der Waals surface area contributed by atoms with Crippen LogP contribution in [0.5, 0.6) is 11.5 Å². The van der Waals surface area contributed by atoms with Gasteiger partial charge in [0.15, 0.2) is 23.2 Å². The minimum Gasteiger partial charge on any atom is -0.493 e. The van der Waals surface area contributed by atoms with Crippen LogP contribution in [0.25, 0.3) is 0 Å². The zero-order valence-corrected chi connectivity index (χ0v) is 21.5. The van der Waals surface area contributed by atoms with Crippen LogP contribution in [0, 0.1) is 11.8 Å². The van der Waals surface area contributed by atoms with E-state index in [0.29, 0.717) is 18.0 Å². The summed E-state index contributed by atoms with van der Waals surface area (Å²) in [4.78, 5) is 42.9. The second-order valence-electron chi connectivity index (χ2n) is 11.4. The Hall–Kier alpha value is -2.85. The van der Waals surface area contributed by atoms with Crippen LogP contribution in [-0.2, 0) is 34.0 Å². The molecule has 1 aromatic rings. The van der Waals surface area contributed by atoms with Gasteiger partial charge in [0.1, 0.15) is 0 Å². The average Bonchev–Trinajstić information content (AvgIpc) is 3.34. The molecule has 1 saturated carbocycles. The number of hydrogen-bond donors (Lipinski definition) is 0. The molecular formula is C27H32N2O8. The Labute approximate surface area is 215 Å². The van der Waals surface area contributed by atoms with Crippen molar-refractivity contribution in [2.75, 3.05) is 38.8 Å². The zero-order valence-electron chi connectivity index (χ0n) is 21.5. The van der Waals surface area contributed by atoms with Gasteiger partial charge in [-0.25, -0.2) is 0 Å². The van der Waals surface area contributed by atoms with Crippen LogP contribution in [0.15, 0.2) is 12.1 Å². The van der Waals surface area contributed by atoms with E-state index in [9.17, 15) is 14.4 Å². The molecule has 1 unspecified atom stereocenters. The van der Waals surface area contributed by atoms with Crippen molar-refractivity contribution in [3.05, 3.63) is 17.7 Å². The first kappa shape index (κ1) is 23.3. The molecule has 1 spiro atoms. The summed E-state index contributed by atoms with van der Waals surface area (Å²) in [6.45, 7) is 4.12. The Morgan fingerprint density at radius 1 is 1.11 bits per heavy atom. The number of amides is 1. The van der Waals surface area contributed by atoms with Crippen molar-refractivity contribution in [2.45, 2.75) is 68.4 Å². The monoisotopic (exact) mass is 512 g/mol. The number of ether oxygens (including phenoxy) is 5. The quantitative estimate of drug-likeness (QED) is 0.554. The maximum atomic E-state index is 13.8. The summed E-state index contributed by atoms with van der Waals surface area (Å²) in [7, 11) is 3.23. The van der Waals surface area contributed by atoms with Crippen LogP contribution in [0.3, 0.4) is 0 Å². The first-order chi connectivity index (χ1) is 17.7. The number of rotatable bonds is 4. The molecule has 198 valence electrons. The maximum absolute atomic E-state index is 13.8. The van der Waals surface area contributed by atoms with Gasteiger partial charge in [-0.1, -0.05) is 0 Å². The highest BCUT2D eigenvalue weighted by Gasteiger charge is 2.76. The van der Waals surface area contributed by atoms with Crippen molar-refractivity contribution in [2.24, 2.45) is 11.8 Å². The molecule has 0 N–H and O–H groups in total. The van der Waals surface area contributed by atoms with Gasteiger partial charge in [-0.2, -0.15) is 0 Å². The van der Waals surface area contributed by atoms with Crippen LogP contribution in [0.4, 0.5) is 5.69 Å². The molecule has 10 heteroatoms. The number of carbonyl (C=O) groups is 3. The van der Waals surface area contributed by atoms with E-state index in [1.807, 2.05) is 11.0 Å². The molecular weight excluding hydrogens is 480 g/mol. The molecule has 1 aromatic carbocycles. The number of fused-ring (bicyclic) bond motifs is 2. The number of anilines is 1. The van der Waals surface area contributed by atoms with Crippen molar-refractivity contribution in [1.29, 1.82) is 0 Å². The summed E-state index contributed by atoms with van der Waals surface area (Å²) in [6.07, 6.45) is 0.753. The Bertz CT molecular complexity index is 1220. The maximum Gasteiger partial charge on any atom is 0.303 e. The molecule has 5 aliphatic heterocycles. The van der Waals surface area contributed by atoms with E-state index in [2.05, 4.69) is 11.0 Å². The zero-order chi connectivity index (χ0) is 25.9. The second kappa shape index (κ2) is 7.60. The van der Waals surface area contributed by atoms with Gasteiger partial charge in [0.2, 0.25) is 5.91 Å². The third kappa shape index (κ3) is 2.75. The average molecular weight is 513 g/mol. The van der Waals surface area contributed by atoms with Crippen LogP contribution in [0.2, 0.25) is 0 Å². The van der Waals surface area contributed by atoms with Crippen molar-refractivity contribution in [3.8, 4) is 11.5 Å². The molecule has 2 bridgehead atoms. The lowest BCUT2D eigenvalue weighted by Gasteiger charge is -2.62. The molecule has 1 aliphatic carbocycles. The van der Waals surface area contributed by atoms with E-state index in [1.165, 1.54) is 13.8 Å². The number of benzene rings is 1. The molecule has 7 rings (SSSR count). The molecule has 4 saturated heterocycles. The molecule has 5 fully saturated rings. The molecule has 8 atom stereocenters. The summed E-state index contributed by atoms with van der Waals surface area (Å²) in [5.74, 6) is 0.196. The lowest BCUT2D eigenvalue weighted by molar-refractivity contribution is -0.221. The lowest BCUT2D eigenvalue weighted by atomic mass is 9.51. The van der Waals surface area contributed by atoms with Gasteiger partial charge in [0.25, 0.3) is 0 Å². The molecule has 6 aliphatic rings. The minimum atomic E-state index is -1.04. The first-order valence-corrected chi connectivity index (χ1v) is 13.1. The van der Waals surface area contributed by atoms with Gasteiger partial charge >= 0.3 is 11.9 Å². The summed E-state index contributed by atoms with van der Waals surface area (Å²) in [5.41, 5.74) is 0.660. The van der Waals surface area contributed by atoms with Gasteiger partial charge in [-0.3, -0.25) is 19.3 Å². The molecule has 0 aromatic heterocycles. The molecule has 1 amide bonds. The second-order valence-corrected chi connectivity index (χ2v) is 11.4. The van der Waals surface area contributed by atoms with Gasteiger partial charge < -0.3 is 28.6 Å². The summed E-state index contributed by atoms with van der Waals surface area (Å²) in [6, 6.07) is 3.98. The number of nitrogens with zero attached hydrogens (tertiary/aromatic N) is 2. The first-order valence-electron chi connectivity index (χ1n) is 13.1. The van der Waals surface area contributed by atoms with Gasteiger partial charge in [0.05, 0.1) is 45.1 Å². The predicted octanol–water partition coefficient (Wildman–Crippen LogP) is 1.42. The van der Waals surface area contributed by atoms with Crippen molar-refractivity contribution >= 4 is 23.5 Å². The number of carbonyl (C=O) groups excluding carboxylic acids is 3. The Morgan fingerprint density at radius 2 is 1.86 bits per heavy atom. The van der Waals surface area contributed by atoms with Gasteiger partial charge in [-0.05, 0) is 31.0 Å². The molecule has 37 heavy (non-hydrogen) atoms. The van der Waals surface area contributed by atoms with E-state index in [1.54, 1.807) is 14.2 Å². The van der Waals surface area contributed by atoms with Crippen LogP contribution >= 0.6 is 0 Å². The lowest BCUT2D eigenvalue weighted by Crippen LogP contribution is -2.75. The summed E-state index contributed by atoms with van der Waals surface area (Å²) >= 11 is 0. The predicted molar refractivity (Wildman–Crippen MR) is 128 cm³/mol. The molecule has 0 radical (unpaired) electrons. The van der Waals surface area contributed by atoms with E-state index in [4.69, 9.17) is 23.7 Å². The third-order valence-corrected chi connectivity index (χ3v) is 10.0. The highest BCUT2D eigenvalue weighted by molar-refractivity contribution is 5.99. The SMILES string of the molecule is COc1cc2c(cc1OC)[C@@]13CCN4C[C@@]5(OC(C)=O)[C@@H](OC(C)=O)CO[C@H]6CC(=O)N2C1[C@H]6[C@H]5C[C@H]43. The molecule has 5 heterocycles. The fourth-order valence-electron chi connectivity index (χ4n) is 9.05. The topological polar surface area (TPSA) is 104 Å². The van der Waals surface area contributed by atoms with Gasteiger partial charge in [-0.15, -0.1) is 0 Å². The fourth-order valence-corrected chi connectivity index (χ4v) is 9.05. The Balaban J connectivity index is 1.46. The highest BCUT2D eigenvalue weighted by atomic mass is 16.6.